The molecule has 0 fully saturated rings. The first-order valence-corrected chi connectivity index (χ1v) is 11.0. The Hall–Kier alpha value is -4.42. The third-order valence-electron chi connectivity index (χ3n) is 4.94. The lowest BCUT2D eigenvalue weighted by Gasteiger charge is -2.25. The maximum atomic E-state index is 13.8. The first-order chi connectivity index (χ1) is 17.2. The zero-order valence-corrected chi connectivity index (χ0v) is 20.6. The van der Waals surface area contributed by atoms with Crippen LogP contribution in [-0.4, -0.2) is 57.9 Å². The van der Waals surface area contributed by atoms with Crippen LogP contribution in [0.25, 0.3) is 0 Å². The molecule has 0 aromatic heterocycles. The molecule has 0 unspecified atom stereocenters. The van der Waals surface area contributed by atoms with Crippen LogP contribution in [0.15, 0.2) is 36.4 Å². The minimum atomic E-state index is -1.39. The van der Waals surface area contributed by atoms with Crippen LogP contribution in [0.2, 0.25) is 0 Å². The third kappa shape index (κ3) is 8.63. The Morgan fingerprint density at radius 2 is 1.59 bits per heavy atom. The molecule has 2 aromatic carbocycles. The van der Waals surface area contributed by atoms with Crippen molar-refractivity contribution in [2.45, 2.75) is 51.3 Å². The normalized spacial score (nSPS) is 12.7. The number of nitrogens with one attached hydrogen (secondary N) is 2. The molecule has 37 heavy (non-hydrogen) atoms. The lowest BCUT2D eigenvalue weighted by atomic mass is 10.0. The molecule has 13 heteroatoms. The van der Waals surface area contributed by atoms with Gasteiger partial charge in [0, 0.05) is 18.9 Å². The van der Waals surface area contributed by atoms with E-state index in [1.165, 1.54) is 24.3 Å². The van der Waals surface area contributed by atoms with Crippen LogP contribution in [0.4, 0.5) is 14.9 Å². The number of phenols is 2. The van der Waals surface area contributed by atoms with Crippen LogP contribution in [0.3, 0.4) is 0 Å². The monoisotopic (exact) mass is 521 g/mol. The summed E-state index contributed by atoms with van der Waals surface area (Å²) in [5.41, 5.74) is -1.19. The molecule has 12 nitrogen and oxygen atoms in total. The molecule has 0 aliphatic heterocycles. The van der Waals surface area contributed by atoms with E-state index in [1.54, 1.807) is 20.8 Å². The lowest BCUT2D eigenvalue weighted by Crippen LogP contribution is -2.53. The molecular formula is C24H28FN3O9. The summed E-state index contributed by atoms with van der Waals surface area (Å²) in [5, 5.41) is 35.2. The molecule has 0 saturated carbocycles. The number of nitro benzene ring substituents is 1. The smallest absolute Gasteiger partial charge is 0.408 e. The molecule has 2 aromatic rings. The number of benzene rings is 2. The molecular weight excluding hydrogens is 493 g/mol. The molecule has 2 atom stereocenters. The Kier molecular flexibility index (Phi) is 9.36. The lowest BCUT2D eigenvalue weighted by molar-refractivity contribution is -0.387. The third-order valence-corrected chi connectivity index (χ3v) is 4.94. The Balaban J connectivity index is 2.33. The topological polar surface area (TPSA) is 177 Å². The SMILES string of the molecule is COC(=O)[C@H](Cc1ccc(O)c(O)c1)NC(=O)[C@@H](Cc1ccc(F)c([N+](=O)[O-])c1)NC(=O)OC(C)(C)C. The Labute approximate surface area is 211 Å². The van der Waals surface area contributed by atoms with Gasteiger partial charge in [-0.05, 0) is 50.1 Å². The van der Waals surface area contributed by atoms with Crippen LogP contribution in [-0.2, 0) is 31.9 Å². The highest BCUT2D eigenvalue weighted by molar-refractivity contribution is 5.90. The molecule has 200 valence electrons. The summed E-state index contributed by atoms with van der Waals surface area (Å²) in [6, 6.07) is 4.18. The molecule has 4 N–H and O–H groups in total. The number of ether oxygens (including phenoxy) is 2. The van der Waals surface area contributed by atoms with Crippen molar-refractivity contribution in [2.24, 2.45) is 0 Å². The number of nitrogens with zero attached hydrogens (tertiary/aromatic N) is 1. The highest BCUT2D eigenvalue weighted by Gasteiger charge is 2.30. The van der Waals surface area contributed by atoms with Gasteiger partial charge in [0.25, 0.3) is 0 Å². The van der Waals surface area contributed by atoms with Crippen molar-refractivity contribution in [3.63, 3.8) is 0 Å². The molecule has 2 rings (SSSR count). The Bertz CT molecular complexity index is 1180. The number of methoxy groups -OCH3 is 1. The molecule has 0 radical (unpaired) electrons. The van der Waals surface area contributed by atoms with Gasteiger partial charge in [-0.3, -0.25) is 14.9 Å². The highest BCUT2D eigenvalue weighted by atomic mass is 19.1. The first kappa shape index (κ1) is 28.8. The molecule has 0 aliphatic carbocycles. The van der Waals surface area contributed by atoms with Gasteiger partial charge in [0.15, 0.2) is 11.5 Å². The van der Waals surface area contributed by atoms with E-state index in [4.69, 9.17) is 9.47 Å². The van der Waals surface area contributed by atoms with Crippen molar-refractivity contribution in [3.8, 4) is 11.5 Å². The highest BCUT2D eigenvalue weighted by Crippen LogP contribution is 2.25. The van der Waals surface area contributed by atoms with Gasteiger partial charge < -0.3 is 30.3 Å². The first-order valence-electron chi connectivity index (χ1n) is 11.0. The number of carbonyl (C=O) groups is 3. The number of rotatable bonds is 9. The quantitative estimate of drug-likeness (QED) is 0.167. The predicted molar refractivity (Wildman–Crippen MR) is 127 cm³/mol. The number of esters is 1. The maximum Gasteiger partial charge on any atom is 0.408 e. The summed E-state index contributed by atoms with van der Waals surface area (Å²) in [5.74, 6) is -3.59. The summed E-state index contributed by atoms with van der Waals surface area (Å²) < 4.78 is 23.7. The number of halogens is 1. The maximum absolute atomic E-state index is 13.8. The minimum Gasteiger partial charge on any atom is -0.504 e. The Morgan fingerprint density at radius 3 is 2.16 bits per heavy atom. The zero-order chi connectivity index (χ0) is 27.9. The van der Waals surface area contributed by atoms with E-state index in [-0.39, 0.29) is 24.2 Å². The van der Waals surface area contributed by atoms with Crippen LogP contribution in [0.1, 0.15) is 31.9 Å². The average molecular weight is 521 g/mol. The van der Waals surface area contributed by atoms with E-state index < -0.39 is 57.8 Å². The standard InChI is InChI=1S/C24H28FN3O9/c1-24(2,3)37-23(33)27-16(9-13-5-7-15(25)18(11-13)28(34)35)21(31)26-17(22(32)36-4)10-14-6-8-19(29)20(30)12-14/h5-8,11-12,16-17,29-30H,9-10H2,1-4H3,(H,26,31)(H,27,33)/t16-,17+/m1/s1. The fraction of sp³-hybridized carbons (Fsp3) is 0.375. The van der Waals surface area contributed by atoms with Gasteiger partial charge in [0.2, 0.25) is 11.7 Å². The van der Waals surface area contributed by atoms with E-state index in [2.05, 4.69) is 10.6 Å². The number of hydrogen-bond acceptors (Lipinski definition) is 9. The number of amides is 2. The summed E-state index contributed by atoms with van der Waals surface area (Å²) in [4.78, 5) is 48.2. The second-order valence-corrected chi connectivity index (χ2v) is 9.06. The van der Waals surface area contributed by atoms with E-state index in [9.17, 15) is 39.1 Å². The van der Waals surface area contributed by atoms with Gasteiger partial charge in [-0.1, -0.05) is 12.1 Å². The summed E-state index contributed by atoms with van der Waals surface area (Å²) >= 11 is 0. The second-order valence-electron chi connectivity index (χ2n) is 9.06. The van der Waals surface area contributed by atoms with Crippen molar-refractivity contribution in [1.29, 1.82) is 0 Å². The van der Waals surface area contributed by atoms with Crippen molar-refractivity contribution < 1.29 is 43.4 Å². The number of phenolic OH excluding ortho intramolecular Hbond substituents is 2. The number of aromatic hydroxyl groups is 2. The van der Waals surface area contributed by atoms with Crippen LogP contribution >= 0.6 is 0 Å². The zero-order valence-electron chi connectivity index (χ0n) is 20.6. The van der Waals surface area contributed by atoms with Gasteiger partial charge >= 0.3 is 17.7 Å². The second kappa shape index (κ2) is 12.0. The fourth-order valence-electron chi connectivity index (χ4n) is 3.26. The van der Waals surface area contributed by atoms with Crippen LogP contribution in [0.5, 0.6) is 11.5 Å². The molecule has 0 spiro atoms. The van der Waals surface area contributed by atoms with E-state index in [0.29, 0.717) is 5.56 Å². The summed E-state index contributed by atoms with van der Waals surface area (Å²) in [6.45, 7) is 4.81. The van der Waals surface area contributed by atoms with Crippen molar-refractivity contribution in [2.75, 3.05) is 7.11 Å². The number of nitro groups is 1. The largest absolute Gasteiger partial charge is 0.504 e. The molecule has 2 amide bonds. The fourth-order valence-corrected chi connectivity index (χ4v) is 3.26. The molecule has 0 aliphatic rings. The minimum absolute atomic E-state index is 0.145. The number of carbonyl (C=O) groups excluding carboxylic acids is 3. The summed E-state index contributed by atoms with van der Waals surface area (Å²) in [7, 11) is 1.10. The van der Waals surface area contributed by atoms with Gasteiger partial charge in [0.1, 0.15) is 17.7 Å². The van der Waals surface area contributed by atoms with E-state index in [0.717, 1.165) is 19.2 Å². The molecule has 0 heterocycles. The van der Waals surface area contributed by atoms with Crippen molar-refractivity contribution in [1.82, 2.24) is 10.6 Å². The van der Waals surface area contributed by atoms with E-state index in [1.807, 2.05) is 0 Å². The summed E-state index contributed by atoms with van der Waals surface area (Å²) in [6.07, 6.45) is -1.42. The molecule has 0 saturated heterocycles. The predicted octanol–water partition coefficient (Wildman–Crippen LogP) is 2.48. The van der Waals surface area contributed by atoms with Crippen LogP contribution < -0.4 is 10.6 Å². The molecule has 0 bridgehead atoms. The number of hydrogen-bond donors (Lipinski definition) is 4. The Morgan fingerprint density at radius 1 is 1.00 bits per heavy atom. The van der Waals surface area contributed by atoms with Gasteiger partial charge in [-0.2, -0.15) is 4.39 Å². The van der Waals surface area contributed by atoms with Gasteiger partial charge in [-0.25, -0.2) is 9.59 Å². The van der Waals surface area contributed by atoms with Crippen molar-refractivity contribution in [3.05, 3.63) is 63.5 Å². The van der Waals surface area contributed by atoms with E-state index >= 15 is 0 Å². The van der Waals surface area contributed by atoms with Crippen molar-refractivity contribution >= 4 is 23.7 Å². The number of alkyl carbamates (subject to hydrolysis) is 1. The van der Waals surface area contributed by atoms with Gasteiger partial charge in [-0.15, -0.1) is 0 Å². The average Bonchev–Trinajstić information content (AvgIpc) is 2.79. The van der Waals surface area contributed by atoms with Crippen LogP contribution in [0, 0.1) is 15.9 Å². The van der Waals surface area contributed by atoms with Gasteiger partial charge in [0.05, 0.1) is 12.0 Å².